The van der Waals surface area contributed by atoms with Gasteiger partial charge in [-0.25, -0.2) is 4.98 Å². The number of nitrogens with one attached hydrogen (secondary N) is 2. The minimum atomic E-state index is -0.833. The van der Waals surface area contributed by atoms with Gasteiger partial charge < -0.3 is 24.6 Å². The summed E-state index contributed by atoms with van der Waals surface area (Å²) in [5.74, 6) is 1.78. The zero-order chi connectivity index (χ0) is 27.5. The molecule has 5 aromatic rings. The molecular formula is C31H30N6O3. The lowest BCUT2D eigenvalue weighted by Crippen LogP contribution is -2.30. The summed E-state index contributed by atoms with van der Waals surface area (Å²) in [7, 11) is 0. The molecule has 3 aromatic heterocycles. The largest absolute Gasteiger partial charge is 0.481 e. The Hall–Kier alpha value is -4.92. The van der Waals surface area contributed by atoms with Gasteiger partial charge in [-0.1, -0.05) is 30.3 Å². The number of fused-ring (bicyclic) bond motifs is 2. The van der Waals surface area contributed by atoms with Crippen LogP contribution in [0.1, 0.15) is 31.1 Å². The second-order valence-electron chi connectivity index (χ2n) is 9.79. The Bertz CT molecular complexity index is 1700. The van der Waals surface area contributed by atoms with E-state index >= 15 is 0 Å². The molecule has 0 fully saturated rings. The Morgan fingerprint density at radius 3 is 2.23 bits per heavy atom. The van der Waals surface area contributed by atoms with Gasteiger partial charge in [-0.05, 0) is 54.3 Å². The first-order valence-corrected chi connectivity index (χ1v) is 13.4. The van der Waals surface area contributed by atoms with Crippen LogP contribution in [0.4, 0.5) is 0 Å². The molecule has 0 aliphatic carbocycles. The van der Waals surface area contributed by atoms with Gasteiger partial charge in [0, 0.05) is 62.0 Å². The van der Waals surface area contributed by atoms with Crippen molar-refractivity contribution in [1.29, 1.82) is 0 Å². The number of aliphatic imine (C=N–C) groups is 2. The van der Waals surface area contributed by atoms with E-state index in [0.29, 0.717) is 0 Å². The van der Waals surface area contributed by atoms with E-state index in [-0.39, 0.29) is 0 Å². The summed E-state index contributed by atoms with van der Waals surface area (Å²) < 4.78 is 8.10. The minimum Gasteiger partial charge on any atom is -0.481 e. The fourth-order valence-corrected chi connectivity index (χ4v) is 4.86. The number of aromatic nitrogens is 2. The number of furan rings is 1. The van der Waals surface area contributed by atoms with Crippen molar-refractivity contribution in [2.45, 2.75) is 19.8 Å². The van der Waals surface area contributed by atoms with Gasteiger partial charge >= 0.3 is 0 Å². The number of hydrogen-bond donors (Lipinski definition) is 3. The van der Waals surface area contributed by atoms with Crippen LogP contribution in [0.3, 0.4) is 0 Å². The Kier molecular flexibility index (Phi) is 7.01. The van der Waals surface area contributed by atoms with Gasteiger partial charge in [0.25, 0.3) is 5.97 Å². The Labute approximate surface area is 231 Å². The molecule has 5 heterocycles. The average Bonchev–Trinajstić information content (AvgIpc) is 3.62. The summed E-state index contributed by atoms with van der Waals surface area (Å²) in [5.41, 5.74) is 7.22. The molecule has 9 heteroatoms. The zero-order valence-corrected chi connectivity index (χ0v) is 22.2. The van der Waals surface area contributed by atoms with Crippen LogP contribution in [0.15, 0.2) is 87.5 Å². The highest BCUT2D eigenvalue weighted by Gasteiger charge is 2.14. The first kappa shape index (κ1) is 25.4. The van der Waals surface area contributed by atoms with Crippen LogP contribution < -0.4 is 10.6 Å². The van der Waals surface area contributed by atoms with E-state index in [1.54, 1.807) is 0 Å². The number of rotatable bonds is 4. The van der Waals surface area contributed by atoms with Crippen molar-refractivity contribution in [3.8, 4) is 22.4 Å². The van der Waals surface area contributed by atoms with Crippen LogP contribution in [-0.2, 0) is 4.79 Å². The normalized spacial score (nSPS) is 14.9. The molecule has 202 valence electrons. The van der Waals surface area contributed by atoms with Gasteiger partial charge in [0.2, 0.25) is 0 Å². The van der Waals surface area contributed by atoms with Crippen molar-refractivity contribution < 1.29 is 14.3 Å². The number of pyridine rings is 1. The number of carbonyl (C=O) groups is 1. The van der Waals surface area contributed by atoms with Gasteiger partial charge in [-0.15, -0.1) is 0 Å². The van der Waals surface area contributed by atoms with E-state index in [4.69, 9.17) is 19.3 Å². The van der Waals surface area contributed by atoms with Gasteiger partial charge in [0.05, 0.1) is 5.69 Å². The highest BCUT2D eigenvalue weighted by molar-refractivity contribution is 6.01. The second kappa shape index (κ2) is 11.1. The van der Waals surface area contributed by atoms with E-state index in [2.05, 4.69) is 92.0 Å². The summed E-state index contributed by atoms with van der Waals surface area (Å²) in [6.45, 7) is 4.71. The number of aliphatic carboxylic acids is 1. The van der Waals surface area contributed by atoms with Crippen LogP contribution in [0.25, 0.3) is 39.0 Å². The van der Waals surface area contributed by atoms with Crippen molar-refractivity contribution >= 4 is 34.3 Å². The minimum absolute atomic E-state index is 0.804. The molecule has 40 heavy (non-hydrogen) atoms. The van der Waals surface area contributed by atoms with Crippen molar-refractivity contribution in [3.05, 3.63) is 84.4 Å². The quantitative estimate of drug-likeness (QED) is 0.299. The molecule has 2 aromatic carbocycles. The Morgan fingerprint density at radius 2 is 1.52 bits per heavy atom. The van der Waals surface area contributed by atoms with Crippen molar-refractivity contribution in [2.75, 3.05) is 26.2 Å². The second-order valence-corrected chi connectivity index (χ2v) is 9.79. The fourth-order valence-electron chi connectivity index (χ4n) is 4.86. The van der Waals surface area contributed by atoms with E-state index in [0.717, 1.165) is 108 Å². The number of hydrogen-bond acceptors (Lipinski definition) is 7. The molecule has 0 amide bonds. The van der Waals surface area contributed by atoms with Crippen molar-refractivity contribution in [2.24, 2.45) is 9.98 Å². The Balaban J connectivity index is 0.000000680. The van der Waals surface area contributed by atoms with Crippen LogP contribution in [0, 0.1) is 0 Å². The standard InChI is InChI=1S/C29H26N6O.C2H4O2/c1-10-30-28(31-11-1)22-9-14-35-18-24(34-27(35)17-22)20-5-3-19(4-6-20)21-7-8-25-23(15-21)16-26(36-25)29-32-12-2-13-33-29;1-2(3)4/h3-9,14-18H,1-2,10-13H2,(H,30,31)(H,32,33);1H3,(H,3,4). The third kappa shape index (κ3) is 5.44. The molecule has 0 atom stereocenters. The number of carboxylic acids is 1. The maximum atomic E-state index is 9.00. The number of imidazole rings is 1. The fraction of sp³-hybridized carbons (Fsp3) is 0.226. The first-order chi connectivity index (χ1) is 19.5. The van der Waals surface area contributed by atoms with Gasteiger partial charge in [-0.3, -0.25) is 14.8 Å². The Morgan fingerprint density at radius 1 is 0.850 bits per heavy atom. The maximum absolute atomic E-state index is 9.00. The van der Waals surface area contributed by atoms with Gasteiger partial charge in [0.1, 0.15) is 17.1 Å². The molecule has 2 aliphatic rings. The topological polar surface area (TPSA) is 117 Å². The van der Waals surface area contributed by atoms with E-state index < -0.39 is 5.97 Å². The molecule has 2 aliphatic heterocycles. The van der Waals surface area contributed by atoms with E-state index in [1.165, 1.54) is 0 Å². The third-order valence-electron chi connectivity index (χ3n) is 6.79. The third-order valence-corrected chi connectivity index (χ3v) is 6.79. The van der Waals surface area contributed by atoms with Crippen LogP contribution in [-0.4, -0.2) is 58.3 Å². The van der Waals surface area contributed by atoms with E-state index in [9.17, 15) is 0 Å². The molecule has 0 spiro atoms. The smallest absolute Gasteiger partial charge is 0.300 e. The molecular weight excluding hydrogens is 504 g/mol. The lowest BCUT2D eigenvalue weighted by atomic mass is 10.0. The van der Waals surface area contributed by atoms with Gasteiger partial charge in [-0.2, -0.15) is 0 Å². The summed E-state index contributed by atoms with van der Waals surface area (Å²) in [5, 5.41) is 15.2. The number of amidine groups is 2. The predicted molar refractivity (Wildman–Crippen MR) is 157 cm³/mol. The van der Waals surface area contributed by atoms with Crippen molar-refractivity contribution in [3.63, 3.8) is 0 Å². The van der Waals surface area contributed by atoms with Crippen LogP contribution in [0.2, 0.25) is 0 Å². The summed E-state index contributed by atoms with van der Waals surface area (Å²) >= 11 is 0. The van der Waals surface area contributed by atoms with Crippen molar-refractivity contribution in [1.82, 2.24) is 20.0 Å². The molecule has 9 nitrogen and oxygen atoms in total. The highest BCUT2D eigenvalue weighted by atomic mass is 16.4. The molecule has 7 rings (SSSR count). The van der Waals surface area contributed by atoms with Crippen LogP contribution in [0.5, 0.6) is 0 Å². The average molecular weight is 535 g/mol. The first-order valence-electron chi connectivity index (χ1n) is 13.4. The maximum Gasteiger partial charge on any atom is 0.300 e. The summed E-state index contributed by atoms with van der Waals surface area (Å²) in [6, 6.07) is 21.2. The highest BCUT2D eigenvalue weighted by Crippen LogP contribution is 2.29. The molecule has 0 saturated carbocycles. The summed E-state index contributed by atoms with van der Waals surface area (Å²) in [4.78, 5) is 23.0. The SMILES string of the molecule is CC(=O)O.c1cn2cc(-c3ccc(-c4ccc5oc(C6=NCCCN6)cc5c4)cc3)nc2cc1C1=NCCCN1. The molecule has 3 N–H and O–H groups in total. The lowest BCUT2D eigenvalue weighted by molar-refractivity contribution is -0.134. The van der Waals surface area contributed by atoms with Gasteiger partial charge in [0.15, 0.2) is 11.6 Å². The number of carboxylic acid groups (broad SMARTS) is 1. The summed E-state index contributed by atoms with van der Waals surface area (Å²) in [6.07, 6.45) is 6.27. The molecule has 0 unspecified atom stereocenters. The molecule has 0 bridgehead atoms. The molecule has 0 saturated heterocycles. The number of nitrogens with zero attached hydrogens (tertiary/aromatic N) is 4. The van der Waals surface area contributed by atoms with Crippen LogP contribution >= 0.6 is 0 Å². The predicted octanol–water partition coefficient (Wildman–Crippen LogP) is 4.99. The lowest BCUT2D eigenvalue weighted by Gasteiger charge is -2.14. The van der Waals surface area contributed by atoms with E-state index in [1.807, 2.05) is 6.07 Å². The zero-order valence-electron chi connectivity index (χ0n) is 22.2. The molecule has 0 radical (unpaired) electrons. The number of benzene rings is 2. The monoisotopic (exact) mass is 534 g/mol.